The van der Waals surface area contributed by atoms with Crippen LogP contribution in [0, 0.1) is 0 Å². The first-order chi connectivity index (χ1) is 14.2. The van der Waals surface area contributed by atoms with Gasteiger partial charge in [-0.05, 0) is 43.7 Å². The minimum absolute atomic E-state index is 0.129. The molecular weight excluding hydrogens is 427 g/mol. The highest BCUT2D eigenvalue weighted by Gasteiger charge is 2.30. The maximum absolute atomic E-state index is 12.6. The Hall–Kier alpha value is -3.01. The van der Waals surface area contributed by atoms with E-state index in [1.165, 1.54) is 12.3 Å². The van der Waals surface area contributed by atoms with Gasteiger partial charge in [0.25, 0.3) is 0 Å². The number of nitrogens with one attached hydrogen (secondary N) is 1. The number of aromatic nitrogens is 1. The molecule has 162 valence electrons. The number of carbonyl (C=O) groups is 1. The van der Waals surface area contributed by atoms with Crippen LogP contribution in [0.3, 0.4) is 0 Å². The molecule has 30 heavy (non-hydrogen) atoms. The highest BCUT2D eigenvalue weighted by atomic mass is 35.5. The van der Waals surface area contributed by atoms with E-state index < -0.39 is 17.7 Å². The summed E-state index contributed by atoms with van der Waals surface area (Å²) in [6.45, 7) is 3.66. The van der Waals surface area contributed by atoms with Crippen LogP contribution in [-0.2, 0) is 15.7 Å². The van der Waals surface area contributed by atoms with Crippen LogP contribution >= 0.6 is 11.6 Å². The normalized spacial score (nSPS) is 11.4. The standard InChI is InChI=1S/C19H19ClF3N3O4/c1-3-28-15-8-12(7-14(20)18(15)30-11-17(27)29-4-2)9-25-26-16-6-5-13(10-24-16)19(21,22)23/h5-10H,3-4,11H2,1-2H3,(H,24,26)/b25-9-. The first-order valence-corrected chi connectivity index (χ1v) is 9.19. The van der Waals surface area contributed by atoms with E-state index in [0.717, 1.165) is 12.1 Å². The summed E-state index contributed by atoms with van der Waals surface area (Å²) < 4.78 is 53.4. The Labute approximate surface area is 175 Å². The molecular formula is C19H19ClF3N3O4. The van der Waals surface area contributed by atoms with Crippen LogP contribution in [0.25, 0.3) is 0 Å². The van der Waals surface area contributed by atoms with Crippen molar-refractivity contribution in [2.24, 2.45) is 5.10 Å². The quantitative estimate of drug-likeness (QED) is 0.346. The smallest absolute Gasteiger partial charge is 0.417 e. The number of ether oxygens (including phenoxy) is 3. The summed E-state index contributed by atoms with van der Waals surface area (Å²) in [4.78, 5) is 15.1. The molecule has 0 spiro atoms. The number of benzene rings is 1. The van der Waals surface area contributed by atoms with E-state index >= 15 is 0 Å². The number of hydrogen-bond donors (Lipinski definition) is 1. The highest BCUT2D eigenvalue weighted by molar-refractivity contribution is 6.32. The Bertz CT molecular complexity index is 890. The Kier molecular flexibility index (Phi) is 8.28. The molecule has 0 aliphatic carbocycles. The SMILES string of the molecule is CCOC(=O)COc1c(Cl)cc(/C=N\Nc2ccc(C(F)(F)F)cn2)cc1OCC. The molecule has 2 rings (SSSR count). The van der Waals surface area contributed by atoms with Crippen molar-refractivity contribution in [3.63, 3.8) is 0 Å². The molecule has 0 fully saturated rings. The molecule has 0 saturated heterocycles. The van der Waals surface area contributed by atoms with E-state index in [0.29, 0.717) is 24.1 Å². The lowest BCUT2D eigenvalue weighted by atomic mass is 10.2. The number of pyridine rings is 1. The summed E-state index contributed by atoms with van der Waals surface area (Å²) in [5, 5.41) is 4.11. The first kappa shape index (κ1) is 23.3. The van der Waals surface area contributed by atoms with Gasteiger partial charge in [-0.2, -0.15) is 18.3 Å². The third-order valence-electron chi connectivity index (χ3n) is 3.45. The molecule has 0 atom stereocenters. The summed E-state index contributed by atoms with van der Waals surface area (Å²) in [6.07, 6.45) is -2.38. The van der Waals surface area contributed by atoms with Crippen molar-refractivity contribution in [1.29, 1.82) is 0 Å². The van der Waals surface area contributed by atoms with Gasteiger partial charge in [-0.3, -0.25) is 5.43 Å². The van der Waals surface area contributed by atoms with E-state index in [9.17, 15) is 18.0 Å². The summed E-state index contributed by atoms with van der Waals surface area (Å²) in [6, 6.07) is 5.16. The maximum atomic E-state index is 12.6. The molecule has 11 heteroatoms. The largest absolute Gasteiger partial charge is 0.490 e. The molecule has 1 aromatic heterocycles. The topological polar surface area (TPSA) is 82.0 Å². The molecule has 0 unspecified atom stereocenters. The number of halogens is 4. The van der Waals surface area contributed by atoms with E-state index in [1.54, 1.807) is 19.9 Å². The van der Waals surface area contributed by atoms with Crippen LogP contribution in [0.2, 0.25) is 5.02 Å². The van der Waals surface area contributed by atoms with Crippen LogP contribution in [0.15, 0.2) is 35.6 Å². The van der Waals surface area contributed by atoms with E-state index in [1.807, 2.05) is 0 Å². The Morgan fingerprint density at radius 3 is 2.60 bits per heavy atom. The zero-order valence-electron chi connectivity index (χ0n) is 16.1. The molecule has 1 heterocycles. The van der Waals surface area contributed by atoms with Gasteiger partial charge in [0.1, 0.15) is 5.82 Å². The lowest BCUT2D eigenvalue weighted by Crippen LogP contribution is -2.15. The van der Waals surface area contributed by atoms with Gasteiger partial charge >= 0.3 is 12.1 Å². The molecule has 7 nitrogen and oxygen atoms in total. The van der Waals surface area contributed by atoms with Crippen molar-refractivity contribution >= 4 is 29.6 Å². The minimum Gasteiger partial charge on any atom is -0.490 e. The van der Waals surface area contributed by atoms with Crippen LogP contribution in [-0.4, -0.2) is 37.0 Å². The van der Waals surface area contributed by atoms with Gasteiger partial charge in [-0.1, -0.05) is 11.6 Å². The van der Waals surface area contributed by atoms with E-state index in [4.69, 9.17) is 25.8 Å². The highest BCUT2D eigenvalue weighted by Crippen LogP contribution is 2.36. The second kappa shape index (κ2) is 10.7. The molecule has 0 radical (unpaired) electrons. The van der Waals surface area contributed by atoms with Crippen molar-refractivity contribution < 1.29 is 32.2 Å². The molecule has 0 aliphatic heterocycles. The zero-order valence-corrected chi connectivity index (χ0v) is 16.9. The monoisotopic (exact) mass is 445 g/mol. The van der Waals surface area contributed by atoms with Crippen molar-refractivity contribution in [2.45, 2.75) is 20.0 Å². The van der Waals surface area contributed by atoms with Crippen LogP contribution in [0.5, 0.6) is 11.5 Å². The lowest BCUT2D eigenvalue weighted by Gasteiger charge is -2.14. The molecule has 1 N–H and O–H groups in total. The number of hydrogen-bond acceptors (Lipinski definition) is 7. The summed E-state index contributed by atoms with van der Waals surface area (Å²) in [7, 11) is 0. The zero-order chi connectivity index (χ0) is 22.1. The fourth-order valence-corrected chi connectivity index (χ4v) is 2.47. The molecule has 0 aliphatic rings. The van der Waals surface area contributed by atoms with Crippen LogP contribution in [0.4, 0.5) is 19.0 Å². The summed E-state index contributed by atoms with van der Waals surface area (Å²) in [5.41, 5.74) is 2.19. The average Bonchev–Trinajstić information content (AvgIpc) is 2.67. The number of rotatable bonds is 9. The summed E-state index contributed by atoms with van der Waals surface area (Å²) in [5.74, 6) is 0.0594. The van der Waals surface area contributed by atoms with Crippen molar-refractivity contribution in [1.82, 2.24) is 4.98 Å². The third kappa shape index (κ3) is 6.80. The number of anilines is 1. The third-order valence-corrected chi connectivity index (χ3v) is 3.74. The fourth-order valence-electron chi connectivity index (χ4n) is 2.20. The number of alkyl halides is 3. The maximum Gasteiger partial charge on any atom is 0.417 e. The number of carbonyl (C=O) groups excluding carboxylic acids is 1. The molecule has 0 saturated carbocycles. The van der Waals surface area contributed by atoms with Gasteiger partial charge in [0.05, 0.1) is 30.0 Å². The second-order valence-corrected chi connectivity index (χ2v) is 6.06. The van der Waals surface area contributed by atoms with E-state index in [-0.39, 0.29) is 29.8 Å². The van der Waals surface area contributed by atoms with E-state index in [2.05, 4.69) is 15.5 Å². The van der Waals surface area contributed by atoms with Crippen LogP contribution < -0.4 is 14.9 Å². The Balaban J connectivity index is 2.10. The van der Waals surface area contributed by atoms with Crippen molar-refractivity contribution in [3.05, 3.63) is 46.6 Å². The first-order valence-electron chi connectivity index (χ1n) is 8.81. The van der Waals surface area contributed by atoms with Crippen LogP contribution in [0.1, 0.15) is 25.0 Å². The molecule has 1 aromatic carbocycles. The van der Waals surface area contributed by atoms with Gasteiger partial charge in [0, 0.05) is 6.20 Å². The number of hydrazone groups is 1. The Morgan fingerprint density at radius 2 is 2.00 bits per heavy atom. The van der Waals surface area contributed by atoms with Gasteiger partial charge in [0.2, 0.25) is 0 Å². The average molecular weight is 446 g/mol. The predicted molar refractivity (Wildman–Crippen MR) is 105 cm³/mol. The minimum atomic E-state index is -4.46. The Morgan fingerprint density at radius 1 is 1.23 bits per heavy atom. The van der Waals surface area contributed by atoms with Crippen molar-refractivity contribution in [3.8, 4) is 11.5 Å². The number of nitrogens with zero attached hydrogens (tertiary/aromatic N) is 2. The predicted octanol–water partition coefficient (Wildman–Crippen LogP) is 4.54. The van der Waals surface area contributed by atoms with Crippen molar-refractivity contribution in [2.75, 3.05) is 25.2 Å². The van der Waals surface area contributed by atoms with Gasteiger partial charge < -0.3 is 14.2 Å². The number of esters is 1. The lowest BCUT2D eigenvalue weighted by molar-refractivity contribution is -0.145. The summed E-state index contributed by atoms with van der Waals surface area (Å²) >= 11 is 6.23. The molecule has 0 amide bonds. The fraction of sp³-hybridized carbons (Fsp3) is 0.316. The molecule has 2 aromatic rings. The van der Waals surface area contributed by atoms with Gasteiger partial charge in [-0.15, -0.1) is 0 Å². The van der Waals surface area contributed by atoms with Gasteiger partial charge in [-0.25, -0.2) is 9.78 Å². The van der Waals surface area contributed by atoms with Gasteiger partial charge in [0.15, 0.2) is 18.1 Å². The molecule has 0 bridgehead atoms. The second-order valence-electron chi connectivity index (χ2n) is 5.66.